The summed E-state index contributed by atoms with van der Waals surface area (Å²) in [6.45, 7) is 5.52. The Hall–Kier alpha value is -1.76. The van der Waals surface area contributed by atoms with Gasteiger partial charge in [0.15, 0.2) is 0 Å². The number of benzene rings is 2. The van der Waals surface area contributed by atoms with Crippen molar-refractivity contribution in [2.45, 2.75) is 46.1 Å². The Balaban J connectivity index is 1.96. The van der Waals surface area contributed by atoms with Crippen molar-refractivity contribution in [2.75, 3.05) is 5.32 Å². The van der Waals surface area contributed by atoms with Gasteiger partial charge in [-0.2, -0.15) is 0 Å². The van der Waals surface area contributed by atoms with E-state index in [1.54, 1.807) is 0 Å². The number of anilines is 1. The van der Waals surface area contributed by atoms with E-state index in [0.717, 1.165) is 18.9 Å². The highest BCUT2D eigenvalue weighted by Crippen LogP contribution is 2.22. The molecule has 0 spiro atoms. The van der Waals surface area contributed by atoms with Gasteiger partial charge in [-0.25, -0.2) is 0 Å². The number of hydrogen-bond acceptors (Lipinski definition) is 1. The van der Waals surface area contributed by atoms with Gasteiger partial charge >= 0.3 is 0 Å². The maximum Gasteiger partial charge on any atom is 0.0400 e. The first-order chi connectivity index (χ1) is 10.3. The van der Waals surface area contributed by atoms with Crippen LogP contribution in [-0.2, 0) is 13.0 Å². The van der Waals surface area contributed by atoms with Gasteiger partial charge in [0.1, 0.15) is 0 Å². The third-order valence-corrected chi connectivity index (χ3v) is 3.96. The zero-order valence-electron chi connectivity index (χ0n) is 13.3. The van der Waals surface area contributed by atoms with E-state index < -0.39 is 0 Å². The van der Waals surface area contributed by atoms with E-state index in [0.29, 0.717) is 0 Å². The topological polar surface area (TPSA) is 12.0 Å². The number of rotatable bonds is 8. The summed E-state index contributed by atoms with van der Waals surface area (Å²) in [5.74, 6) is 0.754. The Morgan fingerprint density at radius 3 is 2.43 bits per heavy atom. The van der Waals surface area contributed by atoms with Crippen LogP contribution in [0.25, 0.3) is 0 Å². The van der Waals surface area contributed by atoms with Crippen LogP contribution in [0.15, 0.2) is 54.6 Å². The van der Waals surface area contributed by atoms with Crippen molar-refractivity contribution in [1.29, 1.82) is 0 Å². The Kier molecular flexibility index (Phi) is 6.33. The van der Waals surface area contributed by atoms with E-state index in [4.69, 9.17) is 0 Å². The minimum Gasteiger partial charge on any atom is -0.381 e. The van der Waals surface area contributed by atoms with Gasteiger partial charge in [-0.05, 0) is 29.5 Å². The zero-order chi connectivity index (χ0) is 14.9. The SMILES string of the molecule is CCCC[C@H](C)Cc1ccccc1NCc1ccccc1. The molecule has 0 bridgehead atoms. The van der Waals surface area contributed by atoms with Crippen molar-refractivity contribution in [2.24, 2.45) is 5.92 Å². The van der Waals surface area contributed by atoms with Crippen molar-refractivity contribution in [3.63, 3.8) is 0 Å². The molecule has 0 aliphatic heterocycles. The molecule has 2 aromatic carbocycles. The largest absolute Gasteiger partial charge is 0.381 e. The molecule has 0 radical (unpaired) electrons. The molecule has 0 saturated carbocycles. The second-order valence-electron chi connectivity index (χ2n) is 5.95. The van der Waals surface area contributed by atoms with E-state index in [-0.39, 0.29) is 0 Å². The summed E-state index contributed by atoms with van der Waals surface area (Å²) in [6.07, 6.45) is 5.11. The number of para-hydroxylation sites is 1. The van der Waals surface area contributed by atoms with Crippen LogP contribution in [0.2, 0.25) is 0 Å². The van der Waals surface area contributed by atoms with Crippen LogP contribution in [0.1, 0.15) is 44.2 Å². The average Bonchev–Trinajstić information content (AvgIpc) is 2.53. The fourth-order valence-electron chi connectivity index (χ4n) is 2.69. The lowest BCUT2D eigenvalue weighted by atomic mass is 9.95. The summed E-state index contributed by atoms with van der Waals surface area (Å²) >= 11 is 0. The third kappa shape index (κ3) is 5.26. The lowest BCUT2D eigenvalue weighted by molar-refractivity contribution is 0.504. The van der Waals surface area contributed by atoms with Crippen LogP contribution in [0, 0.1) is 5.92 Å². The summed E-state index contributed by atoms with van der Waals surface area (Å²) in [6, 6.07) is 19.3. The molecule has 0 amide bonds. The Labute approximate surface area is 129 Å². The van der Waals surface area contributed by atoms with Crippen molar-refractivity contribution >= 4 is 5.69 Å². The number of hydrogen-bond donors (Lipinski definition) is 1. The molecular weight excluding hydrogens is 254 g/mol. The predicted octanol–water partition coefficient (Wildman–Crippen LogP) is 5.67. The Morgan fingerprint density at radius 2 is 1.67 bits per heavy atom. The molecule has 0 unspecified atom stereocenters. The van der Waals surface area contributed by atoms with E-state index in [9.17, 15) is 0 Å². The molecule has 0 saturated heterocycles. The summed E-state index contributed by atoms with van der Waals surface area (Å²) in [7, 11) is 0. The van der Waals surface area contributed by atoms with Gasteiger partial charge in [-0.3, -0.25) is 0 Å². The molecule has 1 heteroatoms. The molecule has 0 aliphatic carbocycles. The predicted molar refractivity (Wildman–Crippen MR) is 92.6 cm³/mol. The quantitative estimate of drug-likeness (QED) is 0.657. The summed E-state index contributed by atoms with van der Waals surface area (Å²) < 4.78 is 0. The molecule has 21 heavy (non-hydrogen) atoms. The normalized spacial score (nSPS) is 12.1. The molecular formula is C20H27N. The van der Waals surface area contributed by atoms with Gasteiger partial charge < -0.3 is 5.32 Å². The standard InChI is InChI=1S/C20H27N/c1-3-4-10-17(2)15-19-13-8-9-14-20(19)21-16-18-11-6-5-7-12-18/h5-9,11-14,17,21H,3-4,10,15-16H2,1-2H3/t17-/m0/s1. The van der Waals surface area contributed by atoms with Gasteiger partial charge in [0.2, 0.25) is 0 Å². The molecule has 0 fully saturated rings. The van der Waals surface area contributed by atoms with Crippen LogP contribution >= 0.6 is 0 Å². The van der Waals surface area contributed by atoms with Crippen LogP contribution in [0.4, 0.5) is 5.69 Å². The van der Waals surface area contributed by atoms with Crippen LogP contribution in [-0.4, -0.2) is 0 Å². The second-order valence-corrected chi connectivity index (χ2v) is 5.95. The molecule has 0 heterocycles. The maximum atomic E-state index is 3.59. The Bertz CT molecular complexity index is 518. The van der Waals surface area contributed by atoms with Crippen molar-refractivity contribution < 1.29 is 0 Å². The van der Waals surface area contributed by atoms with Gasteiger partial charge in [-0.15, -0.1) is 0 Å². The molecule has 1 atom stereocenters. The van der Waals surface area contributed by atoms with Gasteiger partial charge in [0, 0.05) is 12.2 Å². The summed E-state index contributed by atoms with van der Waals surface area (Å²) in [5.41, 5.74) is 4.05. The second kappa shape index (κ2) is 8.51. The minimum atomic E-state index is 0.754. The minimum absolute atomic E-state index is 0.754. The average molecular weight is 281 g/mol. The molecule has 0 aromatic heterocycles. The molecule has 112 valence electrons. The number of nitrogens with one attached hydrogen (secondary N) is 1. The highest BCUT2D eigenvalue weighted by atomic mass is 14.9. The first-order valence-corrected chi connectivity index (χ1v) is 8.15. The van der Waals surface area contributed by atoms with Crippen molar-refractivity contribution in [1.82, 2.24) is 0 Å². The molecule has 2 rings (SSSR count). The van der Waals surface area contributed by atoms with Gasteiger partial charge in [0.25, 0.3) is 0 Å². The monoisotopic (exact) mass is 281 g/mol. The lowest BCUT2D eigenvalue weighted by Gasteiger charge is -2.16. The van der Waals surface area contributed by atoms with Gasteiger partial charge in [-0.1, -0.05) is 81.6 Å². The first kappa shape index (κ1) is 15.6. The first-order valence-electron chi connectivity index (χ1n) is 8.15. The fourth-order valence-corrected chi connectivity index (χ4v) is 2.69. The van der Waals surface area contributed by atoms with E-state index in [1.807, 2.05) is 0 Å². The highest BCUT2D eigenvalue weighted by Gasteiger charge is 2.07. The third-order valence-electron chi connectivity index (χ3n) is 3.96. The Morgan fingerprint density at radius 1 is 0.952 bits per heavy atom. The molecule has 1 N–H and O–H groups in total. The van der Waals surface area contributed by atoms with Crippen molar-refractivity contribution in [3.05, 3.63) is 65.7 Å². The lowest BCUT2D eigenvalue weighted by Crippen LogP contribution is -2.06. The summed E-state index contributed by atoms with van der Waals surface area (Å²) in [5, 5.41) is 3.59. The number of unbranched alkanes of at least 4 members (excludes halogenated alkanes) is 1. The summed E-state index contributed by atoms with van der Waals surface area (Å²) in [4.78, 5) is 0. The van der Waals surface area contributed by atoms with E-state index in [1.165, 1.54) is 36.1 Å². The highest BCUT2D eigenvalue weighted by molar-refractivity contribution is 5.51. The van der Waals surface area contributed by atoms with Crippen LogP contribution in [0.5, 0.6) is 0 Å². The van der Waals surface area contributed by atoms with Crippen LogP contribution < -0.4 is 5.32 Å². The molecule has 0 aliphatic rings. The molecule has 1 nitrogen and oxygen atoms in total. The molecule has 2 aromatic rings. The van der Waals surface area contributed by atoms with E-state index in [2.05, 4.69) is 73.8 Å². The van der Waals surface area contributed by atoms with Crippen LogP contribution in [0.3, 0.4) is 0 Å². The van der Waals surface area contributed by atoms with Crippen molar-refractivity contribution in [3.8, 4) is 0 Å². The smallest absolute Gasteiger partial charge is 0.0400 e. The maximum absolute atomic E-state index is 3.59. The zero-order valence-corrected chi connectivity index (χ0v) is 13.3. The van der Waals surface area contributed by atoms with E-state index >= 15 is 0 Å². The van der Waals surface area contributed by atoms with Gasteiger partial charge in [0.05, 0.1) is 0 Å². The fraction of sp³-hybridized carbons (Fsp3) is 0.400.